The molecular formula is C18H20O4. The van der Waals surface area contributed by atoms with Crippen LogP contribution < -0.4 is 0 Å². The zero-order valence-electron chi connectivity index (χ0n) is 12.9. The van der Waals surface area contributed by atoms with Gasteiger partial charge in [-0.1, -0.05) is 36.9 Å². The van der Waals surface area contributed by atoms with Gasteiger partial charge in [0.1, 0.15) is 0 Å². The third kappa shape index (κ3) is 2.96. The summed E-state index contributed by atoms with van der Waals surface area (Å²) >= 11 is 0. The Morgan fingerprint density at radius 2 is 1.91 bits per heavy atom. The molecule has 0 aliphatic carbocycles. The van der Waals surface area contributed by atoms with Crippen molar-refractivity contribution < 1.29 is 19.1 Å². The molecule has 0 amide bonds. The van der Waals surface area contributed by atoms with E-state index in [0.29, 0.717) is 17.8 Å². The predicted octanol–water partition coefficient (Wildman–Crippen LogP) is 2.98. The molecule has 0 saturated carbocycles. The lowest BCUT2D eigenvalue weighted by Gasteiger charge is -2.25. The van der Waals surface area contributed by atoms with Crippen molar-refractivity contribution in [3.63, 3.8) is 0 Å². The van der Waals surface area contributed by atoms with Crippen LogP contribution in [0.15, 0.2) is 54.3 Å². The lowest BCUT2D eigenvalue weighted by molar-refractivity contribution is -0.165. The molecule has 0 N–H and O–H groups in total. The number of Topliss-reactive ketones (excluding diaryl/α,β-unsaturated/α-hetero) is 1. The van der Waals surface area contributed by atoms with Crippen molar-refractivity contribution in [3.8, 4) is 0 Å². The van der Waals surface area contributed by atoms with Crippen LogP contribution in [0.3, 0.4) is 0 Å². The summed E-state index contributed by atoms with van der Waals surface area (Å²) in [6, 6.07) is 9.94. The quantitative estimate of drug-likeness (QED) is 0.598. The van der Waals surface area contributed by atoms with Gasteiger partial charge in [-0.05, 0) is 31.9 Å². The van der Waals surface area contributed by atoms with Gasteiger partial charge >= 0.3 is 5.97 Å². The van der Waals surface area contributed by atoms with Crippen molar-refractivity contribution in [1.82, 2.24) is 0 Å². The third-order valence-electron chi connectivity index (χ3n) is 3.63. The van der Waals surface area contributed by atoms with E-state index >= 15 is 0 Å². The SMILES string of the molecule is C=C1C=C(CCc2ccccc2)OC1(C(C)=O)C(=O)OCC. The van der Waals surface area contributed by atoms with E-state index in [9.17, 15) is 9.59 Å². The molecule has 1 heterocycles. The number of carbonyl (C=O) groups excluding carboxylic acids is 2. The van der Waals surface area contributed by atoms with Crippen molar-refractivity contribution in [2.24, 2.45) is 0 Å². The number of carbonyl (C=O) groups is 2. The standard InChI is InChI=1S/C18H20O4/c1-4-21-17(20)18(14(3)19)13(2)12-16(22-18)11-10-15-8-6-5-7-9-15/h5-9,12H,2,4,10-11H2,1,3H3. The van der Waals surface area contributed by atoms with E-state index < -0.39 is 17.4 Å². The van der Waals surface area contributed by atoms with Gasteiger partial charge in [0.15, 0.2) is 5.78 Å². The molecule has 1 aliphatic rings. The van der Waals surface area contributed by atoms with E-state index in [0.717, 1.165) is 12.0 Å². The molecule has 4 heteroatoms. The number of ketones is 1. The van der Waals surface area contributed by atoms with E-state index in [4.69, 9.17) is 9.47 Å². The Morgan fingerprint density at radius 1 is 1.23 bits per heavy atom. The van der Waals surface area contributed by atoms with Crippen LogP contribution in [-0.4, -0.2) is 24.0 Å². The topological polar surface area (TPSA) is 52.6 Å². The van der Waals surface area contributed by atoms with Gasteiger partial charge in [0.25, 0.3) is 5.60 Å². The maximum absolute atomic E-state index is 12.2. The fourth-order valence-electron chi connectivity index (χ4n) is 2.47. The normalized spacial score (nSPS) is 20.3. The van der Waals surface area contributed by atoms with Gasteiger partial charge in [-0.25, -0.2) is 4.79 Å². The molecule has 4 nitrogen and oxygen atoms in total. The van der Waals surface area contributed by atoms with Gasteiger partial charge in [0.2, 0.25) is 0 Å². The molecule has 0 aromatic heterocycles. The Hall–Kier alpha value is -2.36. The van der Waals surface area contributed by atoms with Crippen molar-refractivity contribution in [2.75, 3.05) is 6.61 Å². The Bertz CT molecular complexity index is 615. The second-order valence-corrected chi connectivity index (χ2v) is 5.18. The number of hydrogen-bond acceptors (Lipinski definition) is 4. The molecule has 1 atom stereocenters. The summed E-state index contributed by atoms with van der Waals surface area (Å²) in [5, 5.41) is 0. The van der Waals surface area contributed by atoms with Crippen LogP contribution in [-0.2, 0) is 25.5 Å². The molecule has 0 saturated heterocycles. The molecule has 116 valence electrons. The van der Waals surface area contributed by atoms with Crippen LogP contribution >= 0.6 is 0 Å². The third-order valence-corrected chi connectivity index (χ3v) is 3.63. The van der Waals surface area contributed by atoms with E-state index in [1.54, 1.807) is 13.0 Å². The number of hydrogen-bond donors (Lipinski definition) is 0. The highest BCUT2D eigenvalue weighted by molar-refractivity contribution is 6.11. The van der Waals surface area contributed by atoms with Crippen LogP contribution in [0.1, 0.15) is 25.8 Å². The van der Waals surface area contributed by atoms with Crippen LogP contribution in [0, 0.1) is 0 Å². The summed E-state index contributed by atoms with van der Waals surface area (Å²) < 4.78 is 10.7. The Labute approximate surface area is 130 Å². The van der Waals surface area contributed by atoms with Crippen molar-refractivity contribution in [3.05, 3.63) is 59.9 Å². The molecule has 1 aromatic carbocycles. The molecule has 2 rings (SSSR count). The van der Waals surface area contributed by atoms with Crippen molar-refractivity contribution in [2.45, 2.75) is 32.3 Å². The Balaban J connectivity index is 2.11. The van der Waals surface area contributed by atoms with Gasteiger partial charge in [-0.3, -0.25) is 4.79 Å². The maximum atomic E-state index is 12.2. The predicted molar refractivity (Wildman–Crippen MR) is 83.1 cm³/mol. The summed E-state index contributed by atoms with van der Waals surface area (Å²) in [6.45, 7) is 7.00. The first kappa shape index (κ1) is 16.0. The minimum absolute atomic E-state index is 0.184. The zero-order chi connectivity index (χ0) is 16.2. The second-order valence-electron chi connectivity index (χ2n) is 5.18. The average Bonchev–Trinajstić information content (AvgIpc) is 2.84. The molecule has 0 bridgehead atoms. The summed E-state index contributed by atoms with van der Waals surface area (Å²) in [5.74, 6) is -0.530. The molecule has 0 fully saturated rings. The summed E-state index contributed by atoms with van der Waals surface area (Å²) in [6.07, 6.45) is 3.02. The number of esters is 1. The highest BCUT2D eigenvalue weighted by Crippen LogP contribution is 2.36. The molecular weight excluding hydrogens is 280 g/mol. The first-order valence-electron chi connectivity index (χ1n) is 7.32. The summed E-state index contributed by atoms with van der Waals surface area (Å²) in [5.41, 5.74) is -0.210. The lowest BCUT2D eigenvalue weighted by atomic mass is 9.92. The fourth-order valence-corrected chi connectivity index (χ4v) is 2.47. The van der Waals surface area contributed by atoms with Crippen LogP contribution in [0.4, 0.5) is 0 Å². The van der Waals surface area contributed by atoms with Crippen molar-refractivity contribution >= 4 is 11.8 Å². The van der Waals surface area contributed by atoms with Gasteiger partial charge in [0.05, 0.1) is 12.4 Å². The summed E-state index contributed by atoms with van der Waals surface area (Å²) in [7, 11) is 0. The van der Waals surface area contributed by atoms with Crippen molar-refractivity contribution in [1.29, 1.82) is 0 Å². The van der Waals surface area contributed by atoms with Gasteiger partial charge < -0.3 is 9.47 Å². The lowest BCUT2D eigenvalue weighted by Crippen LogP contribution is -2.47. The average molecular weight is 300 g/mol. The van der Waals surface area contributed by atoms with Crippen LogP contribution in [0.25, 0.3) is 0 Å². The number of allylic oxidation sites excluding steroid dienone is 1. The molecule has 1 unspecified atom stereocenters. The van der Waals surface area contributed by atoms with Gasteiger partial charge in [-0.2, -0.15) is 0 Å². The monoisotopic (exact) mass is 300 g/mol. The number of ether oxygens (including phenoxy) is 2. The van der Waals surface area contributed by atoms with Gasteiger partial charge in [0, 0.05) is 12.0 Å². The molecule has 22 heavy (non-hydrogen) atoms. The largest absolute Gasteiger partial charge is 0.467 e. The maximum Gasteiger partial charge on any atom is 0.363 e. The first-order chi connectivity index (χ1) is 10.5. The Kier molecular flexibility index (Phi) is 4.81. The highest BCUT2D eigenvalue weighted by Gasteiger charge is 2.53. The van der Waals surface area contributed by atoms with E-state index in [2.05, 4.69) is 6.58 Å². The van der Waals surface area contributed by atoms with Gasteiger partial charge in [-0.15, -0.1) is 0 Å². The number of aryl methyl sites for hydroxylation is 1. The first-order valence-corrected chi connectivity index (χ1v) is 7.32. The zero-order valence-corrected chi connectivity index (χ0v) is 12.9. The van der Waals surface area contributed by atoms with E-state index in [1.165, 1.54) is 6.92 Å². The minimum Gasteiger partial charge on any atom is -0.467 e. The molecule has 1 aliphatic heterocycles. The Morgan fingerprint density at radius 3 is 2.50 bits per heavy atom. The molecule has 0 radical (unpaired) electrons. The molecule has 0 spiro atoms. The number of rotatable bonds is 6. The highest BCUT2D eigenvalue weighted by atomic mass is 16.6. The smallest absolute Gasteiger partial charge is 0.363 e. The number of benzene rings is 1. The van der Waals surface area contributed by atoms with Crippen LogP contribution in [0.5, 0.6) is 0 Å². The summed E-state index contributed by atoms with van der Waals surface area (Å²) in [4.78, 5) is 24.2. The van der Waals surface area contributed by atoms with E-state index in [1.807, 2.05) is 30.3 Å². The fraction of sp³-hybridized carbons (Fsp3) is 0.333. The van der Waals surface area contributed by atoms with Crippen LogP contribution in [0.2, 0.25) is 0 Å². The van der Waals surface area contributed by atoms with E-state index in [-0.39, 0.29) is 6.61 Å². The minimum atomic E-state index is -1.71. The molecule has 1 aromatic rings. The second kappa shape index (κ2) is 6.60.